The molecule has 0 atom stereocenters. The van der Waals surface area contributed by atoms with Gasteiger partial charge < -0.3 is 4.84 Å². The van der Waals surface area contributed by atoms with Crippen molar-refractivity contribution in [2.75, 3.05) is 20.2 Å². The maximum Gasteiger partial charge on any atom is 0.106 e. The Bertz CT molecular complexity index is 149. The Hall–Kier alpha value is -0.640. The van der Waals surface area contributed by atoms with Gasteiger partial charge in [-0.3, -0.25) is 0 Å². The van der Waals surface area contributed by atoms with Crippen molar-refractivity contribution in [3.63, 3.8) is 0 Å². The van der Waals surface area contributed by atoms with Crippen LogP contribution in [-0.4, -0.2) is 31.0 Å². The van der Waals surface area contributed by atoms with Crippen molar-refractivity contribution in [2.45, 2.75) is 19.3 Å². The summed E-state index contributed by atoms with van der Waals surface area (Å²) in [5.74, 6) is 0. The van der Waals surface area contributed by atoms with Gasteiger partial charge in [-0.1, -0.05) is 5.16 Å². The fourth-order valence-electron chi connectivity index (χ4n) is 1.16. The van der Waals surface area contributed by atoms with E-state index < -0.39 is 0 Å². The van der Waals surface area contributed by atoms with E-state index in [1.165, 1.54) is 7.11 Å². The molecule has 1 rings (SSSR count). The number of hydrogen-bond donors (Lipinski definition) is 0. The van der Waals surface area contributed by atoms with Crippen molar-refractivity contribution in [1.29, 1.82) is 0 Å². The summed E-state index contributed by atoms with van der Waals surface area (Å²) in [5, 5.41) is 4.63. The molecule has 3 nitrogen and oxygen atoms in total. The Morgan fingerprint density at radius 2 is 2.27 bits per heavy atom. The van der Waals surface area contributed by atoms with Gasteiger partial charge in [-0.15, -0.1) is 9.60 Å². The third-order valence-corrected chi connectivity index (χ3v) is 1.73. The van der Waals surface area contributed by atoms with Crippen LogP contribution < -0.4 is 0 Å². The Labute approximate surface area is 65.7 Å². The SMILES string of the molecule is CO/N=C1/CCCN(F)CC1. The minimum Gasteiger partial charge on any atom is -0.399 e. The summed E-state index contributed by atoms with van der Waals surface area (Å²) in [4.78, 5) is 4.62. The fourth-order valence-corrected chi connectivity index (χ4v) is 1.16. The van der Waals surface area contributed by atoms with E-state index >= 15 is 0 Å². The molecule has 0 radical (unpaired) electrons. The van der Waals surface area contributed by atoms with E-state index in [9.17, 15) is 4.48 Å². The molecule has 0 bridgehead atoms. The first kappa shape index (κ1) is 8.46. The molecular formula is C7H13FN2O. The normalized spacial score (nSPS) is 25.1. The van der Waals surface area contributed by atoms with Gasteiger partial charge in [-0.25, -0.2) is 0 Å². The summed E-state index contributed by atoms with van der Waals surface area (Å²) < 4.78 is 12.6. The topological polar surface area (TPSA) is 24.8 Å². The Morgan fingerprint density at radius 1 is 1.45 bits per heavy atom. The van der Waals surface area contributed by atoms with Gasteiger partial charge in [0.25, 0.3) is 0 Å². The van der Waals surface area contributed by atoms with Crippen LogP contribution in [0.3, 0.4) is 0 Å². The number of oxime groups is 1. The zero-order valence-electron chi connectivity index (χ0n) is 6.72. The van der Waals surface area contributed by atoms with Gasteiger partial charge in [0.2, 0.25) is 0 Å². The lowest BCUT2D eigenvalue weighted by atomic mass is 10.2. The molecule has 0 spiro atoms. The average molecular weight is 160 g/mol. The summed E-state index contributed by atoms with van der Waals surface area (Å²) in [6.45, 7) is 0.963. The molecule has 4 heteroatoms. The molecule has 11 heavy (non-hydrogen) atoms. The van der Waals surface area contributed by atoms with E-state index in [1.54, 1.807) is 0 Å². The van der Waals surface area contributed by atoms with Crippen LogP contribution in [0.1, 0.15) is 19.3 Å². The number of hydrogen-bond acceptors (Lipinski definition) is 3. The molecule has 1 saturated heterocycles. The van der Waals surface area contributed by atoms with E-state index in [2.05, 4.69) is 9.99 Å². The maximum absolute atomic E-state index is 12.6. The Balaban J connectivity index is 2.40. The van der Waals surface area contributed by atoms with Gasteiger partial charge >= 0.3 is 0 Å². The van der Waals surface area contributed by atoms with E-state index in [1.807, 2.05) is 0 Å². The summed E-state index contributed by atoms with van der Waals surface area (Å²) in [7, 11) is 1.52. The zero-order valence-corrected chi connectivity index (χ0v) is 6.72. The predicted molar refractivity (Wildman–Crippen MR) is 41.0 cm³/mol. The van der Waals surface area contributed by atoms with Crippen molar-refractivity contribution >= 4 is 5.71 Å². The second-order valence-electron chi connectivity index (χ2n) is 2.60. The molecule has 0 aliphatic carbocycles. The number of nitrogens with zero attached hydrogens (tertiary/aromatic N) is 2. The minimum atomic E-state index is 0.447. The van der Waals surface area contributed by atoms with Crippen molar-refractivity contribution in [2.24, 2.45) is 5.16 Å². The highest BCUT2D eigenvalue weighted by molar-refractivity contribution is 5.84. The van der Waals surface area contributed by atoms with E-state index in [-0.39, 0.29) is 0 Å². The van der Waals surface area contributed by atoms with Crippen LogP contribution in [0, 0.1) is 0 Å². The Morgan fingerprint density at radius 3 is 3.00 bits per heavy atom. The molecule has 1 aliphatic rings. The smallest absolute Gasteiger partial charge is 0.106 e. The van der Waals surface area contributed by atoms with Crippen LogP contribution in [0.5, 0.6) is 0 Å². The molecule has 0 amide bonds. The van der Waals surface area contributed by atoms with E-state index in [0.29, 0.717) is 19.5 Å². The molecule has 1 heterocycles. The van der Waals surface area contributed by atoms with Gasteiger partial charge in [-0.05, 0) is 12.8 Å². The quantitative estimate of drug-likeness (QED) is 0.427. The lowest BCUT2D eigenvalue weighted by molar-refractivity contribution is 0.0314. The second-order valence-corrected chi connectivity index (χ2v) is 2.60. The second kappa shape index (κ2) is 4.28. The monoisotopic (exact) mass is 160 g/mol. The Kier molecular flexibility index (Phi) is 3.29. The van der Waals surface area contributed by atoms with Crippen LogP contribution in [0.4, 0.5) is 4.48 Å². The molecule has 0 aromatic rings. The third-order valence-electron chi connectivity index (χ3n) is 1.73. The largest absolute Gasteiger partial charge is 0.399 e. The summed E-state index contributed by atoms with van der Waals surface area (Å²) >= 11 is 0. The zero-order chi connectivity index (χ0) is 8.10. The molecule has 1 fully saturated rings. The predicted octanol–water partition coefficient (Wildman–Crippen LogP) is 1.36. The molecule has 0 aromatic carbocycles. The molecule has 0 aromatic heterocycles. The fraction of sp³-hybridized carbons (Fsp3) is 0.857. The standard InChI is InChI=1S/C7H13FN2O/c1-11-9-7-3-2-5-10(8)6-4-7/h2-6H2,1H3/b9-7-. The average Bonchev–Trinajstić information content (AvgIpc) is 2.17. The highest BCUT2D eigenvalue weighted by Gasteiger charge is 2.11. The van der Waals surface area contributed by atoms with Crippen molar-refractivity contribution in [3.05, 3.63) is 0 Å². The lowest BCUT2D eigenvalue weighted by Gasteiger charge is -2.04. The van der Waals surface area contributed by atoms with Crippen LogP contribution in [0.25, 0.3) is 0 Å². The number of rotatable bonds is 1. The van der Waals surface area contributed by atoms with E-state index in [0.717, 1.165) is 23.7 Å². The van der Waals surface area contributed by atoms with Gasteiger partial charge in [0.15, 0.2) is 0 Å². The first-order chi connectivity index (χ1) is 5.33. The molecular weight excluding hydrogens is 147 g/mol. The summed E-state index contributed by atoms with van der Waals surface area (Å²) in [6, 6.07) is 0. The molecule has 0 saturated carbocycles. The maximum atomic E-state index is 12.6. The molecule has 1 aliphatic heterocycles. The van der Waals surface area contributed by atoms with Crippen LogP contribution in [0.15, 0.2) is 5.16 Å². The molecule has 64 valence electrons. The van der Waals surface area contributed by atoms with Gasteiger partial charge in [0.05, 0.1) is 5.71 Å². The summed E-state index contributed by atoms with van der Waals surface area (Å²) in [6.07, 6.45) is 2.37. The first-order valence-corrected chi connectivity index (χ1v) is 3.82. The number of halogens is 1. The van der Waals surface area contributed by atoms with E-state index in [4.69, 9.17) is 0 Å². The minimum absolute atomic E-state index is 0.447. The highest BCUT2D eigenvalue weighted by atomic mass is 19.2. The van der Waals surface area contributed by atoms with Gasteiger partial charge in [-0.2, -0.15) is 0 Å². The lowest BCUT2D eigenvalue weighted by Crippen LogP contribution is -2.13. The highest BCUT2D eigenvalue weighted by Crippen LogP contribution is 2.08. The summed E-state index contributed by atoms with van der Waals surface area (Å²) in [5.41, 5.74) is 0.965. The van der Waals surface area contributed by atoms with Crippen molar-refractivity contribution in [3.8, 4) is 0 Å². The van der Waals surface area contributed by atoms with Crippen LogP contribution in [0.2, 0.25) is 0 Å². The van der Waals surface area contributed by atoms with Gasteiger partial charge in [0, 0.05) is 19.5 Å². The van der Waals surface area contributed by atoms with Gasteiger partial charge in [0.1, 0.15) is 7.11 Å². The molecule has 0 unspecified atom stereocenters. The van der Waals surface area contributed by atoms with Crippen molar-refractivity contribution in [1.82, 2.24) is 5.12 Å². The molecule has 0 N–H and O–H groups in total. The van der Waals surface area contributed by atoms with Crippen LogP contribution in [-0.2, 0) is 4.84 Å². The van der Waals surface area contributed by atoms with Crippen molar-refractivity contribution < 1.29 is 9.32 Å². The third kappa shape index (κ3) is 2.84. The van der Waals surface area contributed by atoms with Crippen LogP contribution >= 0.6 is 0 Å². The first-order valence-electron chi connectivity index (χ1n) is 3.82.